The molecule has 0 N–H and O–H groups in total. The van der Waals surface area contributed by atoms with Crippen LogP contribution in [-0.2, 0) is 16.9 Å². The zero-order valence-corrected chi connectivity index (χ0v) is 17.3. The number of epoxide rings is 1. The van der Waals surface area contributed by atoms with Gasteiger partial charge in [0, 0.05) is 15.8 Å². The minimum Gasteiger partial charge on any atom is -0.354 e. The molecule has 0 aliphatic carbocycles. The molecular weight excluding hydrogens is 397 g/mol. The Morgan fingerprint density at radius 2 is 2.00 bits per heavy atom. The molecule has 3 atom stereocenters. The third-order valence-electron chi connectivity index (χ3n) is 5.06. The Bertz CT molecular complexity index is 964. The molecule has 3 aromatic rings. The van der Waals surface area contributed by atoms with Crippen molar-refractivity contribution < 1.29 is 9.13 Å². The number of thioether (sulfide) groups is 1. The summed E-state index contributed by atoms with van der Waals surface area (Å²) >= 11 is 8.11. The summed E-state index contributed by atoms with van der Waals surface area (Å²) in [6, 6.07) is 14.1. The van der Waals surface area contributed by atoms with Gasteiger partial charge in [-0.25, -0.2) is 14.1 Å². The monoisotopic (exact) mass is 417 g/mol. The van der Waals surface area contributed by atoms with E-state index in [0.29, 0.717) is 16.8 Å². The van der Waals surface area contributed by atoms with Crippen LogP contribution in [0, 0.1) is 5.82 Å². The van der Waals surface area contributed by atoms with Crippen LogP contribution in [-0.4, -0.2) is 20.0 Å². The molecule has 4 rings (SSSR count). The molecule has 1 fully saturated rings. The second-order valence-corrected chi connectivity index (χ2v) is 8.77. The summed E-state index contributed by atoms with van der Waals surface area (Å²) in [5.74, 6) is -0.275. The Morgan fingerprint density at radius 3 is 2.71 bits per heavy atom. The van der Waals surface area contributed by atoms with Gasteiger partial charge in [-0.05, 0) is 30.2 Å². The van der Waals surface area contributed by atoms with Gasteiger partial charge in [0.25, 0.3) is 0 Å². The Morgan fingerprint density at radius 1 is 1.25 bits per heavy atom. The molecule has 2 heterocycles. The van der Waals surface area contributed by atoms with Crippen molar-refractivity contribution in [3.05, 3.63) is 76.8 Å². The van der Waals surface area contributed by atoms with Gasteiger partial charge in [0.1, 0.15) is 23.8 Å². The van der Waals surface area contributed by atoms with E-state index in [9.17, 15) is 4.39 Å². The second-order valence-electron chi connectivity index (χ2n) is 6.95. The molecule has 7 heteroatoms. The van der Waals surface area contributed by atoms with Crippen molar-refractivity contribution >= 4 is 23.4 Å². The molecule has 1 aliphatic heterocycles. The summed E-state index contributed by atoms with van der Waals surface area (Å²) in [4.78, 5) is 4.41. The van der Waals surface area contributed by atoms with Crippen LogP contribution in [0.25, 0.3) is 0 Å². The summed E-state index contributed by atoms with van der Waals surface area (Å²) in [5.41, 5.74) is 1.16. The van der Waals surface area contributed by atoms with E-state index in [1.165, 1.54) is 12.1 Å². The standard InChI is InChI=1S/C21H21ClFN3OS/c1-3-14(2)28-20-24-13-25-26(20)12-21(15-8-10-16(23)11-9-15)19(27-21)17-6-4-5-7-18(17)22/h4-11,13-14,19H,3,12H2,1-2H3/t14?,19-,21-/m0/s1. The largest absolute Gasteiger partial charge is 0.354 e. The SMILES string of the molecule is CCC(C)Sc1ncnn1C[C@@]1(c2ccc(F)cc2)O[C@H]1c1ccccc1Cl. The lowest BCUT2D eigenvalue weighted by Crippen LogP contribution is -2.21. The molecule has 0 bridgehead atoms. The molecule has 2 aromatic carbocycles. The fraction of sp³-hybridized carbons (Fsp3) is 0.333. The molecule has 0 spiro atoms. The van der Waals surface area contributed by atoms with Gasteiger partial charge in [0.05, 0.1) is 6.54 Å². The summed E-state index contributed by atoms with van der Waals surface area (Å²) < 4.78 is 21.6. The molecule has 1 unspecified atom stereocenters. The highest BCUT2D eigenvalue weighted by atomic mass is 35.5. The minimum absolute atomic E-state index is 0.225. The Balaban J connectivity index is 1.69. The molecule has 4 nitrogen and oxygen atoms in total. The lowest BCUT2D eigenvalue weighted by atomic mass is 9.91. The van der Waals surface area contributed by atoms with E-state index in [1.54, 1.807) is 30.2 Å². The number of hydrogen-bond acceptors (Lipinski definition) is 4. The van der Waals surface area contributed by atoms with Crippen molar-refractivity contribution in [2.45, 2.75) is 48.9 Å². The van der Waals surface area contributed by atoms with E-state index in [2.05, 4.69) is 23.9 Å². The first kappa shape index (κ1) is 19.4. The molecular formula is C21H21ClFN3OS. The van der Waals surface area contributed by atoms with E-state index in [1.807, 2.05) is 28.9 Å². The predicted molar refractivity (Wildman–Crippen MR) is 109 cm³/mol. The second kappa shape index (κ2) is 7.85. The maximum Gasteiger partial charge on any atom is 0.186 e. The third kappa shape index (κ3) is 3.69. The van der Waals surface area contributed by atoms with Crippen LogP contribution >= 0.6 is 23.4 Å². The topological polar surface area (TPSA) is 43.2 Å². The lowest BCUT2D eigenvalue weighted by molar-refractivity contribution is 0.256. The highest BCUT2D eigenvalue weighted by Crippen LogP contribution is 2.59. The summed E-state index contributed by atoms with van der Waals surface area (Å²) in [7, 11) is 0. The van der Waals surface area contributed by atoms with E-state index in [0.717, 1.165) is 22.7 Å². The number of benzene rings is 2. The predicted octanol–water partition coefficient (Wildman–Crippen LogP) is 5.63. The van der Waals surface area contributed by atoms with Crippen molar-refractivity contribution in [1.29, 1.82) is 0 Å². The van der Waals surface area contributed by atoms with Crippen molar-refractivity contribution in [2.24, 2.45) is 0 Å². The van der Waals surface area contributed by atoms with Crippen molar-refractivity contribution in [2.75, 3.05) is 0 Å². The Kier molecular flexibility index (Phi) is 5.45. The number of rotatable bonds is 7. The average molecular weight is 418 g/mol. The number of aromatic nitrogens is 3. The van der Waals surface area contributed by atoms with Gasteiger partial charge < -0.3 is 4.74 Å². The van der Waals surface area contributed by atoms with Crippen LogP contribution in [0.3, 0.4) is 0 Å². The Labute approximate surface area is 173 Å². The van der Waals surface area contributed by atoms with Gasteiger partial charge in [-0.3, -0.25) is 0 Å². The van der Waals surface area contributed by atoms with Crippen molar-refractivity contribution in [3.8, 4) is 0 Å². The first-order valence-corrected chi connectivity index (χ1v) is 10.5. The Hall–Kier alpha value is -1.89. The van der Waals surface area contributed by atoms with Crippen molar-refractivity contribution in [1.82, 2.24) is 14.8 Å². The normalized spacial score (nSPS) is 22.2. The van der Waals surface area contributed by atoms with E-state index in [-0.39, 0.29) is 11.9 Å². The molecule has 0 amide bonds. The summed E-state index contributed by atoms with van der Waals surface area (Å²) in [6.07, 6.45) is 2.38. The zero-order chi connectivity index (χ0) is 19.7. The number of nitrogens with zero attached hydrogens (tertiary/aromatic N) is 3. The number of ether oxygens (including phenoxy) is 1. The van der Waals surface area contributed by atoms with Gasteiger partial charge in [-0.2, -0.15) is 5.10 Å². The van der Waals surface area contributed by atoms with Crippen LogP contribution in [0.1, 0.15) is 37.5 Å². The molecule has 1 saturated heterocycles. The van der Waals surface area contributed by atoms with Gasteiger partial charge in [0.2, 0.25) is 0 Å². The van der Waals surface area contributed by atoms with E-state index < -0.39 is 5.60 Å². The molecule has 28 heavy (non-hydrogen) atoms. The van der Waals surface area contributed by atoms with Crippen LogP contribution < -0.4 is 0 Å². The molecule has 0 radical (unpaired) electrons. The number of hydrogen-bond donors (Lipinski definition) is 0. The number of halogens is 2. The van der Waals surface area contributed by atoms with E-state index >= 15 is 0 Å². The van der Waals surface area contributed by atoms with Crippen LogP contribution in [0.5, 0.6) is 0 Å². The van der Waals surface area contributed by atoms with Gasteiger partial charge in [-0.1, -0.05) is 67.5 Å². The quantitative estimate of drug-likeness (QED) is 0.369. The van der Waals surface area contributed by atoms with Crippen LogP contribution in [0.2, 0.25) is 5.02 Å². The van der Waals surface area contributed by atoms with E-state index in [4.69, 9.17) is 16.3 Å². The first-order valence-electron chi connectivity index (χ1n) is 9.26. The first-order chi connectivity index (χ1) is 13.5. The lowest BCUT2D eigenvalue weighted by Gasteiger charge is -2.16. The fourth-order valence-electron chi connectivity index (χ4n) is 3.28. The maximum absolute atomic E-state index is 13.5. The highest BCUT2D eigenvalue weighted by molar-refractivity contribution is 7.99. The smallest absolute Gasteiger partial charge is 0.186 e. The maximum atomic E-state index is 13.5. The highest BCUT2D eigenvalue weighted by Gasteiger charge is 2.59. The molecule has 1 aliphatic rings. The van der Waals surface area contributed by atoms with Crippen LogP contribution in [0.15, 0.2) is 60.0 Å². The summed E-state index contributed by atoms with van der Waals surface area (Å²) in [5, 5.41) is 6.36. The van der Waals surface area contributed by atoms with Crippen LogP contribution in [0.4, 0.5) is 4.39 Å². The third-order valence-corrected chi connectivity index (χ3v) is 6.67. The minimum atomic E-state index is -0.656. The van der Waals surface area contributed by atoms with Gasteiger partial charge in [-0.15, -0.1) is 0 Å². The summed E-state index contributed by atoms with van der Waals surface area (Å²) in [6.45, 7) is 4.79. The molecule has 1 aromatic heterocycles. The van der Waals surface area contributed by atoms with Crippen molar-refractivity contribution in [3.63, 3.8) is 0 Å². The molecule has 146 valence electrons. The van der Waals surface area contributed by atoms with Gasteiger partial charge in [0.15, 0.2) is 5.16 Å². The average Bonchev–Trinajstić information content (AvgIpc) is 3.26. The zero-order valence-electron chi connectivity index (χ0n) is 15.7. The van der Waals surface area contributed by atoms with Gasteiger partial charge >= 0.3 is 0 Å². The fourth-order valence-corrected chi connectivity index (χ4v) is 4.38. The molecule has 0 saturated carbocycles.